The minimum absolute atomic E-state index is 0.0713. The molecule has 1 fully saturated rings. The summed E-state index contributed by atoms with van der Waals surface area (Å²) in [5.74, 6) is 2.08. The van der Waals surface area contributed by atoms with Gasteiger partial charge in [0.05, 0.1) is 11.4 Å². The first-order chi connectivity index (χ1) is 15.2. The largest absolute Gasteiger partial charge is 0.343 e. The van der Waals surface area contributed by atoms with E-state index in [0.29, 0.717) is 24.3 Å². The summed E-state index contributed by atoms with van der Waals surface area (Å²) in [4.78, 5) is 24.8. The zero-order valence-electron chi connectivity index (χ0n) is 18.2. The van der Waals surface area contributed by atoms with Gasteiger partial charge in [-0.2, -0.15) is 4.31 Å². The molecule has 0 radical (unpaired) electrons. The van der Waals surface area contributed by atoms with Gasteiger partial charge in [0.25, 0.3) is 5.91 Å². The number of carbonyl (C=O) groups excluding carboxylic acids is 2. The maximum absolute atomic E-state index is 13.1. The second-order valence-corrected chi connectivity index (χ2v) is 10.2. The molecule has 1 aliphatic heterocycles. The van der Waals surface area contributed by atoms with Gasteiger partial charge in [0.2, 0.25) is 15.9 Å². The molecule has 168 valence electrons. The summed E-state index contributed by atoms with van der Waals surface area (Å²) >= 11 is 0. The Kier molecular flexibility index (Phi) is 7.33. The van der Waals surface area contributed by atoms with Crippen LogP contribution in [0.3, 0.4) is 0 Å². The van der Waals surface area contributed by atoms with E-state index in [1.54, 1.807) is 24.3 Å². The second kappa shape index (κ2) is 9.98. The summed E-state index contributed by atoms with van der Waals surface area (Å²) in [5.41, 5.74) is 1.33. The van der Waals surface area contributed by atoms with Crippen LogP contribution in [0, 0.1) is 24.2 Å². The fraction of sp³-hybridized carbons (Fsp3) is 0.333. The van der Waals surface area contributed by atoms with Crippen LogP contribution >= 0.6 is 0 Å². The summed E-state index contributed by atoms with van der Waals surface area (Å²) in [6.07, 6.45) is 6.34. The van der Waals surface area contributed by atoms with Crippen LogP contribution in [0.15, 0.2) is 53.4 Å². The monoisotopic (exact) mass is 453 g/mol. The number of benzene rings is 2. The maximum Gasteiger partial charge on any atom is 0.251 e. The predicted octanol–water partition coefficient (Wildman–Crippen LogP) is 2.70. The summed E-state index contributed by atoms with van der Waals surface area (Å²) in [7, 11) is -3.70. The lowest BCUT2D eigenvalue weighted by Crippen LogP contribution is -2.42. The van der Waals surface area contributed by atoms with Gasteiger partial charge in [0, 0.05) is 29.9 Å². The van der Waals surface area contributed by atoms with Gasteiger partial charge < -0.3 is 10.6 Å². The minimum Gasteiger partial charge on any atom is -0.343 e. The maximum atomic E-state index is 13.1. The van der Waals surface area contributed by atoms with E-state index >= 15 is 0 Å². The molecule has 0 aliphatic carbocycles. The highest BCUT2D eigenvalue weighted by Crippen LogP contribution is 2.27. The van der Waals surface area contributed by atoms with E-state index < -0.39 is 21.8 Å². The lowest BCUT2D eigenvalue weighted by atomic mass is 9.94. The number of amides is 2. The molecule has 2 aromatic rings. The van der Waals surface area contributed by atoms with Crippen LogP contribution < -0.4 is 10.6 Å². The van der Waals surface area contributed by atoms with Crippen molar-refractivity contribution in [2.24, 2.45) is 11.8 Å². The zero-order chi connectivity index (χ0) is 23.3. The van der Waals surface area contributed by atoms with Crippen molar-refractivity contribution in [2.75, 3.05) is 25.0 Å². The highest BCUT2D eigenvalue weighted by Gasteiger charge is 2.32. The van der Waals surface area contributed by atoms with Crippen molar-refractivity contribution in [2.45, 2.75) is 25.2 Å². The Morgan fingerprint density at radius 2 is 1.78 bits per heavy atom. The Morgan fingerprint density at radius 3 is 2.47 bits per heavy atom. The Balaban J connectivity index is 1.65. The number of terminal acetylenes is 1. The molecule has 2 atom stereocenters. The normalized spacial score (nSPS) is 19.0. The molecule has 32 heavy (non-hydrogen) atoms. The van der Waals surface area contributed by atoms with E-state index in [1.807, 2.05) is 13.8 Å². The molecular weight excluding hydrogens is 426 g/mol. The molecular formula is C24H27N3O4S. The third-order valence-corrected chi connectivity index (χ3v) is 7.12. The molecule has 1 aliphatic rings. The summed E-state index contributed by atoms with van der Waals surface area (Å²) in [6, 6.07) is 12.7. The average molecular weight is 454 g/mol. The van der Waals surface area contributed by atoms with E-state index in [4.69, 9.17) is 6.42 Å². The van der Waals surface area contributed by atoms with Gasteiger partial charge in [0.15, 0.2) is 0 Å². The number of rotatable bonds is 6. The van der Waals surface area contributed by atoms with Crippen LogP contribution in [0.4, 0.5) is 5.69 Å². The van der Waals surface area contributed by atoms with Gasteiger partial charge in [-0.15, -0.1) is 6.42 Å². The molecule has 3 rings (SSSR count). The number of anilines is 1. The number of hydrogen-bond donors (Lipinski definition) is 2. The fourth-order valence-electron chi connectivity index (χ4n) is 3.90. The molecule has 2 amide bonds. The summed E-state index contributed by atoms with van der Waals surface area (Å²) in [5, 5.41) is 5.18. The van der Waals surface area contributed by atoms with Crippen molar-refractivity contribution in [1.29, 1.82) is 0 Å². The number of nitrogens with one attached hydrogen (secondary N) is 2. The Hall–Kier alpha value is -3.15. The molecule has 1 saturated heterocycles. The number of carbonyl (C=O) groups is 2. The smallest absolute Gasteiger partial charge is 0.251 e. The standard InChI is InChI=1S/C24H27N3O4S/c1-4-19-7-5-9-21(12-19)26-23(28)14-25-24(29)20-8-6-10-22(13-20)32(30,31)27-15-17(2)11-18(3)16-27/h1,5-10,12-13,17-18H,11,14-16H2,2-3H3,(H,25,29)(H,26,28). The molecule has 0 bridgehead atoms. The number of piperidine rings is 1. The average Bonchev–Trinajstić information content (AvgIpc) is 2.77. The lowest BCUT2D eigenvalue weighted by molar-refractivity contribution is -0.115. The molecule has 7 nitrogen and oxygen atoms in total. The quantitative estimate of drug-likeness (QED) is 0.658. The van der Waals surface area contributed by atoms with E-state index in [1.165, 1.54) is 28.6 Å². The highest BCUT2D eigenvalue weighted by atomic mass is 32.2. The van der Waals surface area contributed by atoms with E-state index in [2.05, 4.69) is 16.6 Å². The SMILES string of the molecule is C#Cc1cccc(NC(=O)CNC(=O)c2cccc(S(=O)(=O)N3CC(C)CC(C)C3)c2)c1. The van der Waals surface area contributed by atoms with Gasteiger partial charge in [-0.3, -0.25) is 9.59 Å². The molecule has 8 heteroatoms. The van der Waals surface area contributed by atoms with Crippen LogP contribution in [0.1, 0.15) is 36.2 Å². The van der Waals surface area contributed by atoms with Gasteiger partial charge in [-0.1, -0.05) is 31.9 Å². The Labute approximate surface area is 189 Å². The minimum atomic E-state index is -3.70. The van der Waals surface area contributed by atoms with Gasteiger partial charge >= 0.3 is 0 Å². The highest BCUT2D eigenvalue weighted by molar-refractivity contribution is 7.89. The first-order valence-corrected chi connectivity index (χ1v) is 11.9. The Morgan fingerprint density at radius 1 is 1.09 bits per heavy atom. The van der Waals surface area contributed by atoms with Crippen molar-refractivity contribution >= 4 is 27.5 Å². The van der Waals surface area contributed by atoms with Crippen LogP contribution in [-0.4, -0.2) is 44.2 Å². The topological polar surface area (TPSA) is 95.6 Å². The molecule has 2 N–H and O–H groups in total. The van der Waals surface area contributed by atoms with E-state index in [-0.39, 0.29) is 28.8 Å². The Bertz CT molecular complexity index is 1140. The van der Waals surface area contributed by atoms with Crippen LogP contribution in [0.2, 0.25) is 0 Å². The van der Waals surface area contributed by atoms with Gasteiger partial charge in [0.1, 0.15) is 0 Å². The van der Waals surface area contributed by atoms with Gasteiger partial charge in [-0.05, 0) is 54.7 Å². The van der Waals surface area contributed by atoms with E-state index in [0.717, 1.165) is 6.42 Å². The fourth-order valence-corrected chi connectivity index (χ4v) is 5.63. The summed E-state index contributed by atoms with van der Waals surface area (Å²) < 4.78 is 27.7. The third-order valence-electron chi connectivity index (χ3n) is 5.29. The van der Waals surface area contributed by atoms with Crippen LogP contribution in [0.5, 0.6) is 0 Å². The summed E-state index contributed by atoms with van der Waals surface area (Å²) in [6.45, 7) is 4.73. The molecule has 0 aromatic heterocycles. The van der Waals surface area contributed by atoms with Crippen LogP contribution in [0.25, 0.3) is 0 Å². The molecule has 2 unspecified atom stereocenters. The number of sulfonamides is 1. The lowest BCUT2D eigenvalue weighted by Gasteiger charge is -2.34. The predicted molar refractivity (Wildman–Crippen MR) is 123 cm³/mol. The van der Waals surface area contributed by atoms with Crippen molar-refractivity contribution in [3.8, 4) is 12.3 Å². The van der Waals surface area contributed by atoms with Crippen molar-refractivity contribution in [3.63, 3.8) is 0 Å². The molecule has 0 spiro atoms. The van der Waals surface area contributed by atoms with Crippen molar-refractivity contribution in [3.05, 3.63) is 59.7 Å². The molecule has 0 saturated carbocycles. The first kappa shape index (κ1) is 23.5. The zero-order valence-corrected chi connectivity index (χ0v) is 19.0. The second-order valence-electron chi connectivity index (χ2n) is 8.25. The molecule has 2 aromatic carbocycles. The van der Waals surface area contributed by atoms with Crippen molar-refractivity contribution in [1.82, 2.24) is 9.62 Å². The van der Waals surface area contributed by atoms with Gasteiger partial charge in [-0.25, -0.2) is 8.42 Å². The first-order valence-electron chi connectivity index (χ1n) is 10.4. The van der Waals surface area contributed by atoms with Crippen LogP contribution in [-0.2, 0) is 14.8 Å². The number of nitrogens with zero attached hydrogens (tertiary/aromatic N) is 1. The number of hydrogen-bond acceptors (Lipinski definition) is 4. The van der Waals surface area contributed by atoms with E-state index in [9.17, 15) is 18.0 Å². The molecule has 1 heterocycles. The third kappa shape index (κ3) is 5.75. The van der Waals surface area contributed by atoms with Crippen molar-refractivity contribution < 1.29 is 18.0 Å².